The molecule has 0 bridgehead atoms. The van der Waals surface area contributed by atoms with E-state index in [0.29, 0.717) is 0 Å². The lowest BCUT2D eigenvalue weighted by Gasteiger charge is -2.35. The molecule has 0 N–H and O–H groups in total. The quantitative estimate of drug-likeness (QED) is 0.0268. The molecule has 0 saturated carbocycles. The van der Waals surface area contributed by atoms with Gasteiger partial charge in [0.15, 0.2) is 6.54 Å². The highest BCUT2D eigenvalue weighted by Crippen LogP contribution is 2.50. The Labute approximate surface area is 432 Å². The van der Waals surface area contributed by atoms with Gasteiger partial charge in [-0.1, -0.05) is 146 Å². The number of fused-ring (bicyclic) bond motifs is 6. The number of thiazole rings is 1. The average molecular weight is 989 g/mol. The highest BCUT2D eigenvalue weighted by molar-refractivity contribution is 8.04. The lowest BCUT2D eigenvalue weighted by atomic mass is 9.94. The van der Waals surface area contributed by atoms with Gasteiger partial charge < -0.3 is 13.9 Å². The van der Waals surface area contributed by atoms with Crippen LogP contribution in [0.1, 0.15) is 156 Å². The Morgan fingerprint density at radius 3 is 1.77 bits per heavy atom. The van der Waals surface area contributed by atoms with Crippen molar-refractivity contribution in [1.29, 1.82) is 0 Å². The van der Waals surface area contributed by atoms with Gasteiger partial charge in [-0.15, -0.1) is 0 Å². The summed E-state index contributed by atoms with van der Waals surface area (Å²) in [4.78, 5) is 3.99. The number of benzene rings is 4. The lowest BCUT2D eigenvalue weighted by Crippen LogP contribution is -2.48. The second-order valence-corrected chi connectivity index (χ2v) is 22.8. The van der Waals surface area contributed by atoms with Crippen LogP contribution in [0.2, 0.25) is 0 Å². The van der Waals surface area contributed by atoms with Crippen molar-refractivity contribution in [2.75, 3.05) is 63.8 Å². The maximum Gasteiger partial charge on any atom is 0.262 e. The number of halogens is 1. The van der Waals surface area contributed by atoms with Crippen LogP contribution in [-0.2, 0) is 6.54 Å². The maximum absolute atomic E-state index is 7.42. The smallest absolute Gasteiger partial charge is 0.262 e. The van der Waals surface area contributed by atoms with Gasteiger partial charge in [0.2, 0.25) is 5.52 Å². The number of anilines is 1. The monoisotopic (exact) mass is 988 g/mol. The fraction of sp³-hybridized carbons (Fsp3) is 0.532. The van der Waals surface area contributed by atoms with E-state index in [2.05, 4.69) is 148 Å². The molecule has 2 aliphatic rings. The minimum Gasteiger partial charge on any atom is -0.335 e. The molecule has 372 valence electrons. The van der Waals surface area contributed by atoms with Gasteiger partial charge in [0.25, 0.3) is 5.01 Å². The van der Waals surface area contributed by atoms with Crippen LogP contribution in [0.4, 0.5) is 5.69 Å². The molecule has 4 nitrogen and oxygen atoms in total. The summed E-state index contributed by atoms with van der Waals surface area (Å²) >= 11 is 11.3. The van der Waals surface area contributed by atoms with E-state index in [4.69, 9.17) is 11.6 Å². The third-order valence-corrected chi connectivity index (χ3v) is 19.5. The molecule has 69 heavy (non-hydrogen) atoms. The van der Waals surface area contributed by atoms with Crippen molar-refractivity contribution in [2.45, 2.75) is 162 Å². The Hall–Kier alpha value is -3.39. The second-order valence-electron chi connectivity index (χ2n) is 20.3. The number of nitrogens with zero attached hydrogens (tertiary/aromatic N) is 4. The van der Waals surface area contributed by atoms with Crippen molar-refractivity contribution < 1.29 is 13.5 Å². The van der Waals surface area contributed by atoms with E-state index in [0.717, 1.165) is 37.4 Å². The molecule has 0 amide bonds. The van der Waals surface area contributed by atoms with Gasteiger partial charge in [0, 0.05) is 40.4 Å². The first-order valence-corrected chi connectivity index (χ1v) is 29.8. The maximum atomic E-state index is 7.42. The first-order chi connectivity index (χ1) is 33.8. The first-order valence-electron chi connectivity index (χ1n) is 27.8. The summed E-state index contributed by atoms with van der Waals surface area (Å²) in [6.07, 6.45) is 31.2. The summed E-state index contributed by atoms with van der Waals surface area (Å²) in [5, 5.41) is 8.94. The van der Waals surface area contributed by atoms with Crippen LogP contribution < -0.4 is 9.47 Å². The summed E-state index contributed by atoms with van der Waals surface area (Å²) in [5.74, 6) is 0. The van der Waals surface area contributed by atoms with Gasteiger partial charge >= 0.3 is 0 Å². The standard InChI is InChI=1S/C62H88ClN4S2/c1-7-66(8-2,9-3)48-29-21-17-13-15-19-27-46-64-56-42-38-50-32-23-25-36-54(50)61(56)68-58(64)44-40-52-34-31-35-53(60(52)63)41-45-59-65(57-43-39-51-33-24-26-37-55(51)62(57)69-59)47-28-20-16-14-18-22-30-49-67(10-4,11-5)12-6/h23-26,32-33,36-45H,7-22,27-31,34-35,46-49H2,1-6H3/q+3. The molecule has 0 unspecified atom stereocenters. The summed E-state index contributed by atoms with van der Waals surface area (Å²) in [7, 11) is 0. The van der Waals surface area contributed by atoms with E-state index in [1.54, 1.807) is 0 Å². The van der Waals surface area contributed by atoms with Crippen molar-refractivity contribution in [3.63, 3.8) is 0 Å². The largest absolute Gasteiger partial charge is 0.335 e. The van der Waals surface area contributed by atoms with E-state index in [9.17, 15) is 0 Å². The molecule has 4 aromatic carbocycles. The van der Waals surface area contributed by atoms with Gasteiger partial charge in [-0.05, 0) is 145 Å². The minimum atomic E-state index is 0.942. The minimum absolute atomic E-state index is 0.942. The normalized spacial score (nSPS) is 16.0. The zero-order valence-electron chi connectivity index (χ0n) is 43.8. The van der Waals surface area contributed by atoms with Crippen LogP contribution in [0.25, 0.3) is 37.8 Å². The van der Waals surface area contributed by atoms with E-state index < -0.39 is 0 Å². The molecule has 5 aromatic rings. The van der Waals surface area contributed by atoms with E-state index >= 15 is 0 Å². The van der Waals surface area contributed by atoms with Gasteiger partial charge in [-0.3, -0.25) is 0 Å². The van der Waals surface area contributed by atoms with Crippen LogP contribution >= 0.6 is 34.7 Å². The number of aromatic nitrogens is 1. The fourth-order valence-corrected chi connectivity index (χ4v) is 14.2. The summed E-state index contributed by atoms with van der Waals surface area (Å²) < 4.78 is 6.55. The molecular weight excluding hydrogens is 900 g/mol. The van der Waals surface area contributed by atoms with Crippen LogP contribution in [0.3, 0.4) is 0 Å². The van der Waals surface area contributed by atoms with Crippen molar-refractivity contribution in [3.8, 4) is 0 Å². The number of aryl methyl sites for hydroxylation is 1. The second kappa shape index (κ2) is 26.9. The molecule has 7 heteroatoms. The SMILES string of the molecule is CC[N+](CC)(CC)CCCCCCCCCN1C(=CC=C2CCCC(C=Cc3sc4c5ccccc5ccc4[n+]3CCCCCCCCC[N+](CC)(CC)CC)=C2Cl)Sc2c1ccc1ccccc21. The molecule has 0 radical (unpaired) electrons. The van der Waals surface area contributed by atoms with Gasteiger partial charge in [0.1, 0.15) is 4.70 Å². The van der Waals surface area contributed by atoms with E-state index in [-0.39, 0.29) is 0 Å². The predicted octanol–water partition coefficient (Wildman–Crippen LogP) is 17.8. The van der Waals surface area contributed by atoms with Gasteiger partial charge in [0.05, 0.1) is 63.1 Å². The van der Waals surface area contributed by atoms with Crippen molar-refractivity contribution in [1.82, 2.24) is 0 Å². The topological polar surface area (TPSA) is 7.12 Å². The number of rotatable bonds is 29. The number of hydrogen-bond acceptors (Lipinski definition) is 3. The summed E-state index contributed by atoms with van der Waals surface area (Å²) in [6, 6.07) is 27.1. The Morgan fingerprint density at radius 2 is 1.13 bits per heavy atom. The Balaban J connectivity index is 1.01. The predicted molar refractivity (Wildman–Crippen MR) is 307 cm³/mol. The van der Waals surface area contributed by atoms with Crippen LogP contribution in [0.5, 0.6) is 0 Å². The molecular formula is C62H88ClN4S2+3. The molecule has 2 heterocycles. The number of quaternary nitrogens is 2. The van der Waals surface area contributed by atoms with Crippen molar-refractivity contribution in [3.05, 3.63) is 117 Å². The molecule has 0 spiro atoms. The van der Waals surface area contributed by atoms with E-state index in [1.807, 2.05) is 23.1 Å². The third kappa shape index (κ3) is 13.6. The number of allylic oxidation sites excluding steroid dienone is 6. The van der Waals surface area contributed by atoms with Crippen molar-refractivity contribution in [2.24, 2.45) is 0 Å². The van der Waals surface area contributed by atoms with Crippen LogP contribution in [0, 0.1) is 0 Å². The molecule has 1 aliphatic heterocycles. The van der Waals surface area contributed by atoms with Gasteiger partial charge in [-0.25, -0.2) is 0 Å². The number of hydrogen-bond donors (Lipinski definition) is 0. The molecule has 7 rings (SSSR count). The van der Waals surface area contributed by atoms with E-state index in [1.165, 1.54) is 215 Å². The first kappa shape index (κ1) is 53.4. The summed E-state index contributed by atoms with van der Waals surface area (Å²) in [5.41, 5.74) is 5.24. The van der Waals surface area contributed by atoms with Gasteiger partial charge in [-0.2, -0.15) is 4.57 Å². The molecule has 0 atom stereocenters. The summed E-state index contributed by atoms with van der Waals surface area (Å²) in [6.45, 7) is 26.6. The number of thioether (sulfide) groups is 1. The van der Waals surface area contributed by atoms with Crippen molar-refractivity contribution >= 4 is 78.2 Å². The van der Waals surface area contributed by atoms with Crippen LogP contribution in [0.15, 0.2) is 117 Å². The van der Waals surface area contributed by atoms with Crippen LogP contribution in [-0.4, -0.2) is 67.9 Å². The molecule has 0 fully saturated rings. The highest BCUT2D eigenvalue weighted by Gasteiger charge is 2.27. The fourth-order valence-electron chi connectivity index (χ4n) is 11.4. The molecule has 1 aliphatic carbocycles. The zero-order chi connectivity index (χ0) is 48.5. The molecule has 1 aromatic heterocycles. The molecule has 0 saturated heterocycles. The Bertz CT molecular complexity index is 2520. The highest BCUT2D eigenvalue weighted by atomic mass is 35.5. The zero-order valence-corrected chi connectivity index (χ0v) is 46.2. The average Bonchev–Trinajstić information content (AvgIpc) is 3.94. The Morgan fingerprint density at radius 1 is 0.580 bits per heavy atom. The third-order valence-electron chi connectivity index (χ3n) is 16.6. The Kier molecular flexibility index (Phi) is 20.8. The number of unbranched alkanes of at least 4 members (excludes halogenated alkanes) is 12. The lowest BCUT2D eigenvalue weighted by molar-refractivity contribution is -0.923.